The number of hydrogen-bond donors (Lipinski definition) is 4. The van der Waals surface area contributed by atoms with Crippen LogP contribution in [0.1, 0.15) is 80.6 Å². The molecule has 2 aliphatic heterocycles. The molecule has 4 N–H and O–H groups in total. The van der Waals surface area contributed by atoms with Crippen LogP contribution in [0.15, 0.2) is 36.0 Å². The van der Waals surface area contributed by atoms with Crippen LogP contribution < -0.4 is 5.32 Å². The Morgan fingerprint density at radius 2 is 2.00 bits per heavy atom. The number of carbonyl (C=O) groups excluding carboxylic acids is 2. The molecule has 0 aromatic carbocycles. The standard InChI is InChI=1S/C31H51NO8/c1-8-24(34)22(6)29-25(38-29)17-19(3)11-10-12-20(4)28-21(5)13-14-26(39-30(36)32-9-2)31(7,37)16-15-23(33)18-27(35)40-28/h10-14,19,21-26,28-29,33-34,37H,8-9,15-18H2,1-7H3,(H,32,36). The lowest BCUT2D eigenvalue weighted by molar-refractivity contribution is -0.151. The Morgan fingerprint density at radius 1 is 1.30 bits per heavy atom. The van der Waals surface area contributed by atoms with Crippen molar-refractivity contribution >= 4 is 12.1 Å². The zero-order valence-corrected chi connectivity index (χ0v) is 25.2. The van der Waals surface area contributed by atoms with E-state index in [1.807, 2.05) is 39.8 Å². The summed E-state index contributed by atoms with van der Waals surface area (Å²) in [6.45, 7) is 13.6. The van der Waals surface area contributed by atoms with Gasteiger partial charge in [0.25, 0.3) is 0 Å². The minimum atomic E-state index is -1.44. The maximum atomic E-state index is 12.7. The Labute approximate surface area is 239 Å². The van der Waals surface area contributed by atoms with Gasteiger partial charge >= 0.3 is 12.1 Å². The number of epoxide rings is 1. The number of esters is 1. The molecule has 1 amide bonds. The number of aliphatic hydroxyl groups is 3. The Bertz CT molecular complexity index is 913. The van der Waals surface area contributed by atoms with E-state index in [2.05, 4.69) is 18.3 Å². The third-order valence-corrected chi connectivity index (χ3v) is 7.90. The van der Waals surface area contributed by atoms with Gasteiger partial charge in [-0.05, 0) is 64.0 Å². The van der Waals surface area contributed by atoms with Crippen LogP contribution >= 0.6 is 0 Å². The van der Waals surface area contributed by atoms with Gasteiger partial charge in [-0.25, -0.2) is 4.79 Å². The van der Waals surface area contributed by atoms with Gasteiger partial charge in [0, 0.05) is 18.4 Å². The second kappa shape index (κ2) is 15.7. The molecule has 0 radical (unpaired) electrons. The summed E-state index contributed by atoms with van der Waals surface area (Å²) in [5.41, 5.74) is -0.630. The number of nitrogens with one attached hydrogen (secondary N) is 1. The lowest BCUT2D eigenvalue weighted by Crippen LogP contribution is -2.44. The van der Waals surface area contributed by atoms with E-state index in [4.69, 9.17) is 14.2 Å². The number of allylic oxidation sites excluding steroid dienone is 3. The fourth-order valence-electron chi connectivity index (χ4n) is 5.09. The van der Waals surface area contributed by atoms with Crippen LogP contribution in [0.3, 0.4) is 0 Å². The first-order valence-corrected chi connectivity index (χ1v) is 14.7. The van der Waals surface area contributed by atoms with Crippen molar-refractivity contribution in [2.75, 3.05) is 6.54 Å². The summed E-state index contributed by atoms with van der Waals surface area (Å²) in [4.78, 5) is 24.8. The fraction of sp³-hybridized carbons (Fsp3) is 0.742. The number of carbonyl (C=O) groups is 2. The molecule has 2 rings (SSSR count). The Balaban J connectivity index is 2.15. The predicted molar refractivity (Wildman–Crippen MR) is 153 cm³/mol. The molecular formula is C31H51NO8. The van der Waals surface area contributed by atoms with Crippen molar-refractivity contribution in [1.82, 2.24) is 5.32 Å². The van der Waals surface area contributed by atoms with Crippen LogP contribution in [0.2, 0.25) is 0 Å². The minimum absolute atomic E-state index is 0.100. The third-order valence-electron chi connectivity index (χ3n) is 7.90. The Kier molecular flexibility index (Phi) is 13.4. The topological polar surface area (TPSA) is 138 Å². The first-order chi connectivity index (χ1) is 18.8. The molecule has 9 nitrogen and oxygen atoms in total. The first kappa shape index (κ1) is 34.0. The van der Waals surface area contributed by atoms with Crippen molar-refractivity contribution in [2.45, 2.75) is 123 Å². The van der Waals surface area contributed by atoms with Gasteiger partial charge in [-0.1, -0.05) is 52.0 Å². The molecular weight excluding hydrogens is 514 g/mol. The fourth-order valence-corrected chi connectivity index (χ4v) is 5.09. The lowest BCUT2D eigenvalue weighted by atomic mass is 9.88. The zero-order valence-electron chi connectivity index (χ0n) is 25.2. The van der Waals surface area contributed by atoms with Crippen molar-refractivity contribution in [3.63, 3.8) is 0 Å². The van der Waals surface area contributed by atoms with Crippen molar-refractivity contribution in [3.05, 3.63) is 36.0 Å². The van der Waals surface area contributed by atoms with E-state index in [1.54, 1.807) is 26.0 Å². The van der Waals surface area contributed by atoms with Crippen LogP contribution in [0.4, 0.5) is 4.79 Å². The largest absolute Gasteiger partial charge is 0.457 e. The minimum Gasteiger partial charge on any atom is -0.457 e. The van der Waals surface area contributed by atoms with Gasteiger partial charge in [0.1, 0.15) is 11.7 Å². The average Bonchev–Trinajstić information content (AvgIpc) is 3.65. The highest BCUT2D eigenvalue weighted by Crippen LogP contribution is 2.36. The lowest BCUT2D eigenvalue weighted by Gasteiger charge is -2.32. The molecule has 10 atom stereocenters. The number of amides is 1. The quantitative estimate of drug-likeness (QED) is 0.134. The number of rotatable bonds is 10. The number of alkyl carbamates (subject to hydrolysis) is 1. The molecule has 0 aromatic heterocycles. The van der Waals surface area contributed by atoms with E-state index in [1.165, 1.54) is 0 Å². The maximum absolute atomic E-state index is 12.7. The first-order valence-electron chi connectivity index (χ1n) is 14.7. The van der Waals surface area contributed by atoms with E-state index >= 15 is 0 Å². The molecule has 0 aromatic rings. The molecule has 2 heterocycles. The average molecular weight is 566 g/mol. The highest BCUT2D eigenvalue weighted by molar-refractivity contribution is 5.70. The molecule has 0 aliphatic carbocycles. The molecule has 2 aliphatic rings. The van der Waals surface area contributed by atoms with Gasteiger partial charge in [-0.2, -0.15) is 0 Å². The number of ether oxygens (including phenoxy) is 3. The summed E-state index contributed by atoms with van der Waals surface area (Å²) >= 11 is 0. The Hall–Kier alpha value is -2.20. The molecule has 0 bridgehead atoms. The molecule has 9 heteroatoms. The monoisotopic (exact) mass is 565 g/mol. The van der Waals surface area contributed by atoms with Gasteiger partial charge < -0.3 is 34.8 Å². The summed E-state index contributed by atoms with van der Waals surface area (Å²) < 4.78 is 17.1. The smallest absolute Gasteiger partial charge is 0.407 e. The van der Waals surface area contributed by atoms with E-state index in [0.717, 1.165) is 12.0 Å². The molecule has 10 unspecified atom stereocenters. The molecule has 0 saturated carbocycles. The van der Waals surface area contributed by atoms with Crippen molar-refractivity contribution < 1.29 is 39.1 Å². The van der Waals surface area contributed by atoms with Crippen LogP contribution in [0.25, 0.3) is 0 Å². The normalized spacial score (nSPS) is 34.2. The molecule has 40 heavy (non-hydrogen) atoms. The van der Waals surface area contributed by atoms with Gasteiger partial charge in [-0.3, -0.25) is 4.79 Å². The summed E-state index contributed by atoms with van der Waals surface area (Å²) in [5, 5.41) is 34.1. The predicted octanol–water partition coefficient (Wildman–Crippen LogP) is 4.20. The number of cyclic esters (lactones) is 1. The van der Waals surface area contributed by atoms with Gasteiger partial charge in [0.15, 0.2) is 6.10 Å². The SMILES string of the molecule is CCNC(=O)OC1C=CC(C)C(C(C)=CC=CC(C)CC2OC2C(C)C(O)CC)OC(=O)CC(O)CCC1(C)O. The summed E-state index contributed by atoms with van der Waals surface area (Å²) in [6, 6.07) is 0. The van der Waals surface area contributed by atoms with Crippen LogP contribution in [0.5, 0.6) is 0 Å². The highest BCUT2D eigenvalue weighted by Gasteiger charge is 2.45. The Morgan fingerprint density at radius 3 is 2.65 bits per heavy atom. The van der Waals surface area contributed by atoms with Crippen molar-refractivity contribution in [1.29, 1.82) is 0 Å². The van der Waals surface area contributed by atoms with Crippen LogP contribution in [-0.2, 0) is 19.0 Å². The van der Waals surface area contributed by atoms with E-state index in [-0.39, 0.29) is 55.3 Å². The second-order valence-electron chi connectivity index (χ2n) is 11.7. The molecule has 0 spiro atoms. The molecule has 1 saturated heterocycles. The van der Waals surface area contributed by atoms with Crippen molar-refractivity contribution in [3.8, 4) is 0 Å². The van der Waals surface area contributed by atoms with Crippen LogP contribution in [0, 0.1) is 17.8 Å². The summed E-state index contributed by atoms with van der Waals surface area (Å²) in [5.74, 6) is -0.443. The van der Waals surface area contributed by atoms with Crippen LogP contribution in [-0.4, -0.2) is 76.2 Å². The van der Waals surface area contributed by atoms with Gasteiger partial charge in [0.05, 0.1) is 30.8 Å². The van der Waals surface area contributed by atoms with E-state index < -0.39 is 36.0 Å². The summed E-state index contributed by atoms with van der Waals surface area (Å²) in [7, 11) is 0. The van der Waals surface area contributed by atoms with Crippen molar-refractivity contribution in [2.24, 2.45) is 17.8 Å². The second-order valence-corrected chi connectivity index (χ2v) is 11.7. The number of aliphatic hydroxyl groups excluding tert-OH is 2. The summed E-state index contributed by atoms with van der Waals surface area (Å²) in [6.07, 6.45) is 7.69. The van der Waals surface area contributed by atoms with E-state index in [9.17, 15) is 24.9 Å². The zero-order chi connectivity index (χ0) is 30.0. The maximum Gasteiger partial charge on any atom is 0.407 e. The third kappa shape index (κ3) is 10.7. The van der Waals surface area contributed by atoms with Gasteiger partial charge in [0.2, 0.25) is 0 Å². The van der Waals surface area contributed by atoms with E-state index in [0.29, 0.717) is 13.0 Å². The molecule has 1 fully saturated rings. The highest BCUT2D eigenvalue weighted by atomic mass is 16.6. The van der Waals surface area contributed by atoms with Gasteiger partial charge in [-0.15, -0.1) is 0 Å². The molecule has 228 valence electrons. The number of hydrogen-bond acceptors (Lipinski definition) is 8.